The summed E-state index contributed by atoms with van der Waals surface area (Å²) < 4.78 is 0. The van der Waals surface area contributed by atoms with Crippen LogP contribution in [0.15, 0.2) is 24.3 Å². The van der Waals surface area contributed by atoms with Crippen molar-refractivity contribution in [3.8, 4) is 0 Å². The maximum atomic E-state index is 10.4. The lowest BCUT2D eigenvalue weighted by atomic mass is 10.5. The minimum absolute atomic E-state index is 0.0185. The Kier molecular flexibility index (Phi) is 1.47. The zero-order chi connectivity index (χ0) is 5.82. The molecule has 0 fully saturated rings. The smallest absolute Gasteiger partial charge is 0.244 e. The van der Waals surface area contributed by atoms with Gasteiger partial charge in [-0.15, -0.1) is 0 Å². The lowest BCUT2D eigenvalue weighted by Gasteiger charge is -1.90. The average Bonchev–Trinajstić information content (AvgIpc) is 1.94. The van der Waals surface area contributed by atoms with E-state index >= 15 is 0 Å². The van der Waals surface area contributed by atoms with Crippen LogP contribution in [-0.4, -0.2) is 12.5 Å². The zero-order valence-corrected chi connectivity index (χ0v) is 4.42. The van der Waals surface area contributed by atoms with Gasteiger partial charge in [0.25, 0.3) is 0 Å². The molecule has 2 heteroatoms. The Hall–Kier alpha value is -1.05. The van der Waals surface area contributed by atoms with Gasteiger partial charge in [-0.25, -0.2) is 0 Å². The highest BCUT2D eigenvalue weighted by Crippen LogP contribution is 1.81. The maximum Gasteiger partial charge on any atom is 0.244 e. The van der Waals surface area contributed by atoms with Crippen molar-refractivity contribution in [1.82, 2.24) is 5.32 Å². The predicted molar refractivity (Wildman–Crippen MR) is 31.3 cm³/mol. The van der Waals surface area contributed by atoms with Crippen molar-refractivity contribution < 1.29 is 4.79 Å². The number of rotatable bonds is 0. The van der Waals surface area contributed by atoms with Crippen LogP contribution in [0.1, 0.15) is 0 Å². The van der Waals surface area contributed by atoms with Gasteiger partial charge in [0.1, 0.15) is 0 Å². The largest absolute Gasteiger partial charge is 0.349 e. The minimum atomic E-state index is -0.0185. The SMILES string of the molecule is O=C1C=CC=CCN1. The number of nitrogens with one attached hydrogen (secondary N) is 1. The van der Waals surface area contributed by atoms with E-state index in [-0.39, 0.29) is 5.91 Å². The lowest BCUT2D eigenvalue weighted by Crippen LogP contribution is -2.19. The van der Waals surface area contributed by atoms with E-state index in [1.807, 2.05) is 12.2 Å². The van der Waals surface area contributed by atoms with Crippen molar-refractivity contribution in [2.24, 2.45) is 0 Å². The monoisotopic (exact) mass is 109 g/mol. The number of carbonyl (C=O) groups excluding carboxylic acids is 1. The molecule has 1 N–H and O–H groups in total. The van der Waals surface area contributed by atoms with E-state index in [4.69, 9.17) is 0 Å². The molecular formula is C6H7NO. The normalized spacial score (nSPS) is 17.8. The van der Waals surface area contributed by atoms with Gasteiger partial charge in [0.15, 0.2) is 0 Å². The van der Waals surface area contributed by atoms with Crippen LogP contribution in [-0.2, 0) is 4.79 Å². The summed E-state index contributed by atoms with van der Waals surface area (Å²) >= 11 is 0. The molecule has 0 unspecified atom stereocenters. The molecule has 0 saturated carbocycles. The fourth-order valence-electron chi connectivity index (χ4n) is 0.508. The minimum Gasteiger partial charge on any atom is -0.349 e. The average molecular weight is 109 g/mol. The number of carbonyl (C=O) groups is 1. The van der Waals surface area contributed by atoms with Gasteiger partial charge in [-0.05, 0) is 0 Å². The molecule has 0 spiro atoms. The molecule has 0 radical (unpaired) electrons. The van der Waals surface area contributed by atoms with Crippen LogP contribution in [0.4, 0.5) is 0 Å². The number of hydrogen-bond donors (Lipinski definition) is 1. The summed E-state index contributed by atoms with van der Waals surface area (Å²) in [6, 6.07) is 0. The fraction of sp³-hybridized carbons (Fsp3) is 0.167. The quantitative estimate of drug-likeness (QED) is 0.474. The summed E-state index contributed by atoms with van der Waals surface area (Å²) in [5, 5.41) is 2.63. The van der Waals surface area contributed by atoms with E-state index in [9.17, 15) is 4.79 Å². The molecule has 1 aliphatic heterocycles. The van der Waals surface area contributed by atoms with E-state index in [1.54, 1.807) is 6.08 Å². The van der Waals surface area contributed by atoms with Crippen molar-refractivity contribution >= 4 is 5.91 Å². The molecule has 0 atom stereocenters. The fourth-order valence-corrected chi connectivity index (χ4v) is 0.508. The molecule has 0 aromatic heterocycles. The number of amides is 1. The molecule has 8 heavy (non-hydrogen) atoms. The molecule has 0 aromatic carbocycles. The van der Waals surface area contributed by atoms with E-state index in [0.29, 0.717) is 6.54 Å². The molecule has 42 valence electrons. The van der Waals surface area contributed by atoms with Gasteiger partial charge in [0.05, 0.1) is 0 Å². The Morgan fingerprint density at radius 3 is 3.25 bits per heavy atom. The van der Waals surface area contributed by atoms with Crippen LogP contribution in [0, 0.1) is 0 Å². The first-order valence-corrected chi connectivity index (χ1v) is 2.50. The van der Waals surface area contributed by atoms with E-state index in [2.05, 4.69) is 5.32 Å². The molecular weight excluding hydrogens is 102 g/mol. The third-order valence-electron chi connectivity index (χ3n) is 0.889. The third kappa shape index (κ3) is 1.22. The van der Waals surface area contributed by atoms with Gasteiger partial charge in [0.2, 0.25) is 5.91 Å². The first-order chi connectivity index (χ1) is 3.89. The second kappa shape index (κ2) is 2.31. The van der Waals surface area contributed by atoms with Gasteiger partial charge < -0.3 is 5.32 Å². The van der Waals surface area contributed by atoms with E-state index in [0.717, 1.165) is 0 Å². The highest BCUT2D eigenvalue weighted by Gasteiger charge is 1.91. The van der Waals surface area contributed by atoms with Crippen molar-refractivity contribution in [2.75, 3.05) is 6.54 Å². The highest BCUT2D eigenvalue weighted by molar-refractivity contribution is 5.88. The molecule has 1 rings (SSSR count). The summed E-state index contributed by atoms with van der Waals surface area (Å²) in [5.41, 5.74) is 0. The van der Waals surface area contributed by atoms with Crippen LogP contribution in [0.2, 0.25) is 0 Å². The molecule has 1 aliphatic rings. The second-order valence-corrected chi connectivity index (χ2v) is 1.53. The van der Waals surface area contributed by atoms with Gasteiger partial charge in [-0.3, -0.25) is 4.79 Å². The van der Waals surface area contributed by atoms with Crippen LogP contribution >= 0.6 is 0 Å². The first-order valence-electron chi connectivity index (χ1n) is 2.50. The van der Waals surface area contributed by atoms with Crippen LogP contribution in [0.25, 0.3) is 0 Å². The van der Waals surface area contributed by atoms with Crippen molar-refractivity contribution in [3.05, 3.63) is 24.3 Å². The van der Waals surface area contributed by atoms with Gasteiger partial charge >= 0.3 is 0 Å². The maximum absolute atomic E-state index is 10.4. The summed E-state index contributed by atoms with van der Waals surface area (Å²) in [4.78, 5) is 10.4. The number of hydrogen-bond acceptors (Lipinski definition) is 1. The second-order valence-electron chi connectivity index (χ2n) is 1.53. The molecule has 2 nitrogen and oxygen atoms in total. The van der Waals surface area contributed by atoms with Crippen molar-refractivity contribution in [2.45, 2.75) is 0 Å². The van der Waals surface area contributed by atoms with Crippen LogP contribution < -0.4 is 5.32 Å². The molecule has 1 heterocycles. The Morgan fingerprint density at radius 2 is 2.38 bits per heavy atom. The van der Waals surface area contributed by atoms with E-state index in [1.165, 1.54) is 6.08 Å². The topological polar surface area (TPSA) is 29.1 Å². The number of allylic oxidation sites excluding steroid dienone is 2. The Bertz CT molecular complexity index is 147. The van der Waals surface area contributed by atoms with Crippen LogP contribution in [0.5, 0.6) is 0 Å². The first kappa shape index (κ1) is 5.09. The highest BCUT2D eigenvalue weighted by atomic mass is 16.1. The molecule has 0 bridgehead atoms. The van der Waals surface area contributed by atoms with Gasteiger partial charge in [0, 0.05) is 12.6 Å². The standard InChI is InChI=1S/C6H7NO/c8-6-4-2-1-3-5-7-6/h1-4H,5H2,(H,7,8). The Balaban J connectivity index is 2.58. The lowest BCUT2D eigenvalue weighted by molar-refractivity contribution is -0.116. The molecule has 0 aliphatic carbocycles. The molecule has 0 aromatic rings. The summed E-state index contributed by atoms with van der Waals surface area (Å²) in [5.74, 6) is -0.0185. The summed E-state index contributed by atoms with van der Waals surface area (Å²) in [7, 11) is 0. The third-order valence-corrected chi connectivity index (χ3v) is 0.889. The van der Waals surface area contributed by atoms with E-state index < -0.39 is 0 Å². The Labute approximate surface area is 47.9 Å². The summed E-state index contributed by atoms with van der Waals surface area (Å²) in [6.07, 6.45) is 6.96. The zero-order valence-electron chi connectivity index (χ0n) is 4.42. The van der Waals surface area contributed by atoms with Crippen LogP contribution in [0.3, 0.4) is 0 Å². The van der Waals surface area contributed by atoms with Crippen molar-refractivity contribution in [3.63, 3.8) is 0 Å². The summed E-state index contributed by atoms with van der Waals surface area (Å²) in [6.45, 7) is 0.645. The Morgan fingerprint density at radius 1 is 1.50 bits per heavy atom. The molecule has 0 saturated heterocycles. The predicted octanol–water partition coefficient (Wildman–Crippen LogP) is 0.229. The van der Waals surface area contributed by atoms with Crippen molar-refractivity contribution in [1.29, 1.82) is 0 Å². The van der Waals surface area contributed by atoms with Gasteiger partial charge in [-0.2, -0.15) is 0 Å². The molecule has 1 amide bonds. The van der Waals surface area contributed by atoms with Gasteiger partial charge in [-0.1, -0.05) is 18.2 Å².